The summed E-state index contributed by atoms with van der Waals surface area (Å²) in [6.45, 7) is 1.81. The average molecular weight is 99.1 g/mol. The van der Waals surface area contributed by atoms with Crippen LogP contribution in [0.15, 0.2) is 12.2 Å². The molecule has 1 unspecified atom stereocenters. The number of rotatable bonds is 2. The van der Waals surface area contributed by atoms with Crippen LogP contribution in [0.1, 0.15) is 6.92 Å². The fourth-order valence-electron chi connectivity index (χ4n) is 0.221. The minimum atomic E-state index is -0.00907. The molecular weight excluding hydrogens is 90.1 g/mol. The third-order valence-electron chi connectivity index (χ3n) is 0.493. The first-order valence-corrected chi connectivity index (χ1v) is 2.15. The van der Waals surface area contributed by atoms with E-state index in [9.17, 15) is 4.79 Å². The summed E-state index contributed by atoms with van der Waals surface area (Å²) in [6, 6.07) is -0.00907. The van der Waals surface area contributed by atoms with Crippen LogP contribution in [0.3, 0.4) is 0 Å². The second kappa shape index (κ2) is 3.56. The topological polar surface area (TPSA) is 43.1 Å². The highest BCUT2D eigenvalue weighted by Gasteiger charge is 1.78. The second-order valence-corrected chi connectivity index (χ2v) is 1.38. The van der Waals surface area contributed by atoms with Crippen LogP contribution in [0, 0.1) is 0 Å². The van der Waals surface area contributed by atoms with Gasteiger partial charge < -0.3 is 5.73 Å². The van der Waals surface area contributed by atoms with Gasteiger partial charge in [0.2, 0.25) is 0 Å². The molecule has 0 aromatic rings. The van der Waals surface area contributed by atoms with Crippen LogP contribution in [0.4, 0.5) is 0 Å². The molecule has 40 valence electrons. The fraction of sp³-hybridized carbons (Fsp3) is 0.400. The van der Waals surface area contributed by atoms with E-state index in [1.54, 1.807) is 13.0 Å². The number of aldehydes is 1. The Kier molecular flexibility index (Phi) is 3.24. The van der Waals surface area contributed by atoms with Crippen LogP contribution < -0.4 is 5.73 Å². The number of carbonyl (C=O) groups is 1. The van der Waals surface area contributed by atoms with Crippen LogP contribution in [-0.2, 0) is 4.79 Å². The van der Waals surface area contributed by atoms with Crippen molar-refractivity contribution in [2.24, 2.45) is 5.73 Å². The largest absolute Gasteiger partial charge is 0.325 e. The average Bonchev–Trinajstić information content (AvgIpc) is 1.61. The molecular formula is C5H9NO. The van der Waals surface area contributed by atoms with Crippen LogP contribution >= 0.6 is 0 Å². The van der Waals surface area contributed by atoms with Crippen molar-refractivity contribution in [3.05, 3.63) is 12.2 Å². The summed E-state index contributed by atoms with van der Waals surface area (Å²) < 4.78 is 0. The molecule has 0 bridgehead atoms. The van der Waals surface area contributed by atoms with Crippen LogP contribution in [-0.4, -0.2) is 12.3 Å². The summed E-state index contributed by atoms with van der Waals surface area (Å²) in [4.78, 5) is 9.57. The molecule has 0 rings (SSSR count). The Labute approximate surface area is 43.0 Å². The number of hydrogen-bond donors (Lipinski definition) is 1. The van der Waals surface area contributed by atoms with Crippen molar-refractivity contribution in [1.82, 2.24) is 0 Å². The zero-order valence-corrected chi connectivity index (χ0v) is 4.29. The second-order valence-electron chi connectivity index (χ2n) is 1.38. The maximum Gasteiger partial charge on any atom is 0.142 e. The van der Waals surface area contributed by atoms with Gasteiger partial charge in [0.25, 0.3) is 0 Å². The molecule has 1 atom stereocenters. The van der Waals surface area contributed by atoms with Crippen molar-refractivity contribution in [3.63, 3.8) is 0 Å². The molecule has 0 saturated carbocycles. The predicted octanol–water partition coefficient (Wildman–Crippen LogP) is 0.0887. The Balaban J connectivity index is 3.25. The van der Waals surface area contributed by atoms with Gasteiger partial charge in [0.15, 0.2) is 0 Å². The van der Waals surface area contributed by atoms with Gasteiger partial charge in [0, 0.05) is 6.04 Å². The van der Waals surface area contributed by atoms with Crippen molar-refractivity contribution in [3.8, 4) is 0 Å². The minimum absolute atomic E-state index is 0.00907. The van der Waals surface area contributed by atoms with Gasteiger partial charge in [-0.15, -0.1) is 0 Å². The van der Waals surface area contributed by atoms with E-state index in [1.165, 1.54) is 6.08 Å². The van der Waals surface area contributed by atoms with Gasteiger partial charge in [0.05, 0.1) is 0 Å². The fourth-order valence-corrected chi connectivity index (χ4v) is 0.221. The monoisotopic (exact) mass is 99.1 g/mol. The van der Waals surface area contributed by atoms with Gasteiger partial charge in [-0.2, -0.15) is 0 Å². The van der Waals surface area contributed by atoms with E-state index in [1.807, 2.05) is 0 Å². The van der Waals surface area contributed by atoms with Gasteiger partial charge in [-0.25, -0.2) is 0 Å². The minimum Gasteiger partial charge on any atom is -0.325 e. The Bertz CT molecular complexity index is 76.1. The predicted molar refractivity (Wildman–Crippen MR) is 28.9 cm³/mol. The number of hydrogen-bond acceptors (Lipinski definition) is 2. The van der Waals surface area contributed by atoms with Gasteiger partial charge >= 0.3 is 0 Å². The van der Waals surface area contributed by atoms with Gasteiger partial charge in [0.1, 0.15) is 6.29 Å². The summed E-state index contributed by atoms with van der Waals surface area (Å²) in [5.41, 5.74) is 5.23. The Morgan fingerprint density at radius 1 is 1.71 bits per heavy atom. The standard InChI is InChI=1S/C5H9NO/c1-5(6)3-2-4-7/h2-5H,6H2,1H3/b3-2-. The van der Waals surface area contributed by atoms with E-state index in [4.69, 9.17) is 5.73 Å². The SMILES string of the molecule is CC(N)/C=C\C=O. The van der Waals surface area contributed by atoms with Crippen LogP contribution in [0.25, 0.3) is 0 Å². The molecule has 0 saturated heterocycles. The van der Waals surface area contributed by atoms with E-state index in [-0.39, 0.29) is 6.04 Å². The highest BCUT2D eigenvalue weighted by atomic mass is 16.1. The van der Waals surface area contributed by atoms with Crippen molar-refractivity contribution >= 4 is 6.29 Å². The maximum atomic E-state index is 9.57. The Morgan fingerprint density at radius 2 is 2.29 bits per heavy atom. The first kappa shape index (κ1) is 6.37. The number of allylic oxidation sites excluding steroid dienone is 1. The molecule has 0 aliphatic carbocycles. The quantitative estimate of drug-likeness (QED) is 0.394. The van der Waals surface area contributed by atoms with Gasteiger partial charge in [-0.05, 0) is 13.0 Å². The molecule has 2 nitrogen and oxygen atoms in total. The smallest absolute Gasteiger partial charge is 0.142 e. The van der Waals surface area contributed by atoms with Gasteiger partial charge in [-0.3, -0.25) is 4.79 Å². The molecule has 0 aromatic heterocycles. The van der Waals surface area contributed by atoms with Crippen molar-refractivity contribution in [1.29, 1.82) is 0 Å². The maximum absolute atomic E-state index is 9.57. The lowest BCUT2D eigenvalue weighted by Gasteiger charge is -1.88. The molecule has 0 spiro atoms. The Hall–Kier alpha value is -0.630. The Morgan fingerprint density at radius 3 is 2.43 bits per heavy atom. The highest BCUT2D eigenvalue weighted by molar-refractivity contribution is 5.64. The summed E-state index contributed by atoms with van der Waals surface area (Å²) in [7, 11) is 0. The molecule has 0 heterocycles. The molecule has 0 radical (unpaired) electrons. The number of nitrogens with two attached hydrogens (primary N) is 1. The summed E-state index contributed by atoms with van der Waals surface area (Å²) >= 11 is 0. The normalized spacial score (nSPS) is 14.6. The van der Waals surface area contributed by atoms with E-state index in [0.717, 1.165) is 0 Å². The van der Waals surface area contributed by atoms with Crippen molar-refractivity contribution < 1.29 is 4.79 Å². The number of carbonyl (C=O) groups excluding carboxylic acids is 1. The molecule has 0 aliphatic heterocycles. The highest BCUT2D eigenvalue weighted by Crippen LogP contribution is 1.73. The van der Waals surface area contributed by atoms with E-state index in [0.29, 0.717) is 6.29 Å². The van der Waals surface area contributed by atoms with E-state index in [2.05, 4.69) is 0 Å². The lowest BCUT2D eigenvalue weighted by molar-refractivity contribution is -0.104. The summed E-state index contributed by atoms with van der Waals surface area (Å²) in [5.74, 6) is 0. The first-order valence-electron chi connectivity index (χ1n) is 2.15. The third-order valence-corrected chi connectivity index (χ3v) is 0.493. The van der Waals surface area contributed by atoms with E-state index >= 15 is 0 Å². The summed E-state index contributed by atoms with van der Waals surface area (Å²) in [5, 5.41) is 0. The first-order chi connectivity index (χ1) is 3.27. The zero-order valence-electron chi connectivity index (χ0n) is 4.29. The molecule has 0 aliphatic rings. The van der Waals surface area contributed by atoms with Crippen molar-refractivity contribution in [2.45, 2.75) is 13.0 Å². The summed E-state index contributed by atoms with van der Waals surface area (Å²) in [6.07, 6.45) is 3.74. The third kappa shape index (κ3) is 5.37. The zero-order chi connectivity index (χ0) is 5.70. The van der Waals surface area contributed by atoms with Gasteiger partial charge in [-0.1, -0.05) is 6.08 Å². The lowest BCUT2D eigenvalue weighted by atomic mass is 10.3. The van der Waals surface area contributed by atoms with Crippen LogP contribution in [0.2, 0.25) is 0 Å². The molecule has 0 amide bonds. The molecule has 7 heavy (non-hydrogen) atoms. The molecule has 2 heteroatoms. The molecule has 0 aromatic carbocycles. The lowest BCUT2D eigenvalue weighted by Crippen LogP contribution is -2.09. The molecule has 0 fully saturated rings. The van der Waals surface area contributed by atoms with E-state index < -0.39 is 0 Å². The van der Waals surface area contributed by atoms with Crippen LogP contribution in [0.5, 0.6) is 0 Å². The molecule has 2 N–H and O–H groups in total. The van der Waals surface area contributed by atoms with Crippen molar-refractivity contribution in [2.75, 3.05) is 0 Å².